The second-order valence-electron chi connectivity index (χ2n) is 5.43. The van der Waals surface area contributed by atoms with Gasteiger partial charge in [-0.1, -0.05) is 31.7 Å². The van der Waals surface area contributed by atoms with Crippen molar-refractivity contribution in [1.82, 2.24) is 5.32 Å². The number of rotatable bonds is 8. The first-order valence-corrected chi connectivity index (χ1v) is 7.63. The van der Waals surface area contributed by atoms with Crippen molar-refractivity contribution in [3.05, 3.63) is 42.0 Å². The predicted octanol–water partition coefficient (Wildman–Crippen LogP) is 3.40. The van der Waals surface area contributed by atoms with E-state index in [0.29, 0.717) is 25.8 Å². The molecule has 1 amide bonds. The predicted molar refractivity (Wildman–Crippen MR) is 95.4 cm³/mol. The molecule has 2 aromatic carbocycles. The van der Waals surface area contributed by atoms with Crippen molar-refractivity contribution >= 4 is 22.6 Å². The highest BCUT2D eigenvalue weighted by molar-refractivity contribution is 5.86. The minimum absolute atomic E-state index is 0. The van der Waals surface area contributed by atoms with Gasteiger partial charge in [0.1, 0.15) is 5.75 Å². The van der Waals surface area contributed by atoms with Crippen molar-refractivity contribution in [2.75, 3.05) is 13.7 Å². The van der Waals surface area contributed by atoms with E-state index in [9.17, 15) is 9.59 Å². The van der Waals surface area contributed by atoms with Gasteiger partial charge in [0.15, 0.2) is 0 Å². The Morgan fingerprint density at radius 2 is 1.79 bits per heavy atom. The van der Waals surface area contributed by atoms with Crippen molar-refractivity contribution in [2.24, 2.45) is 0 Å². The average molecular weight is 331 g/mol. The second-order valence-corrected chi connectivity index (χ2v) is 5.43. The van der Waals surface area contributed by atoms with E-state index in [1.807, 2.05) is 36.4 Å². The van der Waals surface area contributed by atoms with E-state index in [2.05, 4.69) is 5.32 Å². The van der Waals surface area contributed by atoms with Gasteiger partial charge in [0.2, 0.25) is 5.91 Å². The maximum Gasteiger partial charge on any atom is 0.303 e. The van der Waals surface area contributed by atoms with Gasteiger partial charge in [-0.05, 0) is 41.3 Å². The molecule has 2 rings (SSSR count). The summed E-state index contributed by atoms with van der Waals surface area (Å²) >= 11 is 0. The third kappa shape index (κ3) is 5.91. The molecular weight excluding hydrogens is 306 g/mol. The molecule has 0 aliphatic carbocycles. The summed E-state index contributed by atoms with van der Waals surface area (Å²) in [6, 6.07) is 11.7. The molecule has 2 N–H and O–H groups in total. The van der Waals surface area contributed by atoms with Crippen molar-refractivity contribution in [3.8, 4) is 5.75 Å². The molecule has 0 atom stereocenters. The fourth-order valence-corrected chi connectivity index (χ4v) is 2.39. The SMILES string of the molecule is C.COc1ccc2cc(CC(=O)NCCCCC(=O)O)ccc2c1. The van der Waals surface area contributed by atoms with Crippen LogP contribution in [0.3, 0.4) is 0 Å². The zero-order chi connectivity index (χ0) is 16.7. The number of nitrogens with one attached hydrogen (secondary N) is 1. The van der Waals surface area contributed by atoms with Crippen LogP contribution in [0.4, 0.5) is 0 Å². The number of carbonyl (C=O) groups excluding carboxylic acids is 1. The molecule has 0 fully saturated rings. The van der Waals surface area contributed by atoms with Crippen LogP contribution in [-0.2, 0) is 16.0 Å². The maximum absolute atomic E-state index is 11.9. The molecule has 0 aliphatic heterocycles. The highest BCUT2D eigenvalue weighted by Crippen LogP contribution is 2.22. The van der Waals surface area contributed by atoms with Gasteiger partial charge in [-0.25, -0.2) is 0 Å². The van der Waals surface area contributed by atoms with Gasteiger partial charge < -0.3 is 15.2 Å². The molecule has 5 heteroatoms. The number of ether oxygens (including phenoxy) is 1. The molecule has 2 aromatic rings. The van der Waals surface area contributed by atoms with E-state index in [-0.39, 0.29) is 19.8 Å². The number of carboxylic acids is 1. The number of amides is 1. The highest BCUT2D eigenvalue weighted by Gasteiger charge is 2.05. The Hall–Kier alpha value is -2.56. The zero-order valence-electron chi connectivity index (χ0n) is 13.2. The monoisotopic (exact) mass is 331 g/mol. The standard InChI is InChI=1S/C18H21NO4.CH4/c1-23-16-8-7-14-10-13(5-6-15(14)12-16)11-17(20)19-9-3-2-4-18(21)22;/h5-8,10,12H,2-4,9,11H2,1H3,(H,19,20)(H,21,22);1H4. The molecular formula is C19H25NO4. The first kappa shape index (κ1) is 19.5. The molecule has 5 nitrogen and oxygen atoms in total. The van der Waals surface area contributed by atoms with E-state index >= 15 is 0 Å². The summed E-state index contributed by atoms with van der Waals surface area (Å²) in [7, 11) is 1.64. The fraction of sp³-hybridized carbons (Fsp3) is 0.368. The van der Waals surface area contributed by atoms with E-state index in [4.69, 9.17) is 9.84 Å². The molecule has 130 valence electrons. The van der Waals surface area contributed by atoms with Crippen molar-refractivity contribution in [1.29, 1.82) is 0 Å². The average Bonchev–Trinajstić information content (AvgIpc) is 2.53. The molecule has 0 spiro atoms. The quantitative estimate of drug-likeness (QED) is 0.727. The van der Waals surface area contributed by atoms with Crippen LogP contribution < -0.4 is 10.1 Å². The highest BCUT2D eigenvalue weighted by atomic mass is 16.5. The van der Waals surface area contributed by atoms with Crippen LogP contribution in [0.2, 0.25) is 0 Å². The summed E-state index contributed by atoms with van der Waals surface area (Å²) in [5, 5.41) is 13.5. The van der Waals surface area contributed by atoms with E-state index < -0.39 is 5.97 Å². The lowest BCUT2D eigenvalue weighted by atomic mass is 10.0. The Bertz CT molecular complexity index is 697. The summed E-state index contributed by atoms with van der Waals surface area (Å²) in [6.07, 6.45) is 1.72. The number of unbranched alkanes of at least 4 members (excludes halogenated alkanes) is 1. The van der Waals surface area contributed by atoms with Gasteiger partial charge in [-0.2, -0.15) is 0 Å². The van der Waals surface area contributed by atoms with E-state index in [0.717, 1.165) is 22.1 Å². The Morgan fingerprint density at radius 1 is 1.08 bits per heavy atom. The lowest BCUT2D eigenvalue weighted by Gasteiger charge is -2.07. The van der Waals surface area contributed by atoms with Crippen LogP contribution in [0.25, 0.3) is 10.8 Å². The Kier molecular flexibility index (Phi) is 7.75. The van der Waals surface area contributed by atoms with Crippen LogP contribution >= 0.6 is 0 Å². The van der Waals surface area contributed by atoms with Gasteiger partial charge in [0.25, 0.3) is 0 Å². The lowest BCUT2D eigenvalue weighted by molar-refractivity contribution is -0.137. The summed E-state index contributed by atoms with van der Waals surface area (Å²) in [4.78, 5) is 22.3. The van der Waals surface area contributed by atoms with Gasteiger partial charge in [0.05, 0.1) is 13.5 Å². The Labute approximate surface area is 142 Å². The summed E-state index contributed by atoms with van der Waals surface area (Å²) in [5.74, 6) is -0.0401. The largest absolute Gasteiger partial charge is 0.497 e. The van der Waals surface area contributed by atoms with Crippen LogP contribution in [0.1, 0.15) is 32.3 Å². The maximum atomic E-state index is 11.9. The topological polar surface area (TPSA) is 75.6 Å². The van der Waals surface area contributed by atoms with Crippen LogP contribution in [0.15, 0.2) is 36.4 Å². The molecule has 0 saturated heterocycles. The summed E-state index contributed by atoms with van der Waals surface area (Å²) < 4.78 is 5.20. The number of hydrogen-bond acceptors (Lipinski definition) is 3. The minimum Gasteiger partial charge on any atom is -0.497 e. The van der Waals surface area contributed by atoms with Gasteiger partial charge in [-0.15, -0.1) is 0 Å². The molecule has 0 bridgehead atoms. The van der Waals surface area contributed by atoms with Crippen molar-refractivity contribution in [3.63, 3.8) is 0 Å². The van der Waals surface area contributed by atoms with Gasteiger partial charge >= 0.3 is 5.97 Å². The molecule has 0 aromatic heterocycles. The minimum atomic E-state index is -0.802. The molecule has 0 heterocycles. The smallest absolute Gasteiger partial charge is 0.303 e. The number of methoxy groups -OCH3 is 1. The molecule has 0 aliphatic rings. The molecule has 0 saturated carbocycles. The summed E-state index contributed by atoms with van der Waals surface area (Å²) in [6.45, 7) is 0.511. The first-order valence-electron chi connectivity index (χ1n) is 7.63. The van der Waals surface area contributed by atoms with E-state index in [1.54, 1.807) is 7.11 Å². The Morgan fingerprint density at radius 3 is 2.50 bits per heavy atom. The van der Waals surface area contributed by atoms with Crippen LogP contribution in [-0.4, -0.2) is 30.6 Å². The zero-order valence-corrected chi connectivity index (χ0v) is 13.2. The van der Waals surface area contributed by atoms with Crippen molar-refractivity contribution in [2.45, 2.75) is 33.1 Å². The van der Waals surface area contributed by atoms with Crippen LogP contribution in [0, 0.1) is 0 Å². The van der Waals surface area contributed by atoms with Crippen LogP contribution in [0.5, 0.6) is 5.75 Å². The molecule has 0 unspecified atom stereocenters. The number of hydrogen-bond donors (Lipinski definition) is 2. The van der Waals surface area contributed by atoms with E-state index in [1.165, 1.54) is 0 Å². The molecule has 24 heavy (non-hydrogen) atoms. The number of benzene rings is 2. The summed E-state index contributed by atoms with van der Waals surface area (Å²) in [5.41, 5.74) is 0.950. The van der Waals surface area contributed by atoms with Gasteiger partial charge in [-0.3, -0.25) is 9.59 Å². The van der Waals surface area contributed by atoms with Gasteiger partial charge in [0, 0.05) is 13.0 Å². The number of fused-ring (bicyclic) bond motifs is 1. The molecule has 0 radical (unpaired) electrons. The Balaban J connectivity index is 0.00000288. The first-order chi connectivity index (χ1) is 11.1. The fourth-order valence-electron chi connectivity index (χ4n) is 2.39. The third-order valence-corrected chi connectivity index (χ3v) is 3.62. The number of carbonyl (C=O) groups is 2. The lowest BCUT2D eigenvalue weighted by Crippen LogP contribution is -2.26. The third-order valence-electron chi connectivity index (χ3n) is 3.62. The second kappa shape index (κ2) is 9.55. The number of aliphatic carboxylic acids is 1. The van der Waals surface area contributed by atoms with Crippen molar-refractivity contribution < 1.29 is 19.4 Å². The normalized spacial score (nSPS) is 10.0. The number of carboxylic acid groups (broad SMARTS) is 1.